The maximum Gasteiger partial charge on any atom is 0.401 e. The number of alkyl halides is 3. The van der Waals surface area contributed by atoms with E-state index in [0.717, 1.165) is 0 Å². The maximum absolute atomic E-state index is 12.4. The standard InChI is InChI=1S/C10H17F3N2O2/c1-9(14-2,8(16)17)5-15(7-3-4-7)6-10(11,12)13/h7,14H,3-6H2,1-2H3,(H,16,17). The molecule has 1 rings (SSSR count). The van der Waals surface area contributed by atoms with Crippen molar-refractivity contribution < 1.29 is 23.1 Å². The highest BCUT2D eigenvalue weighted by atomic mass is 19.4. The van der Waals surface area contributed by atoms with Gasteiger partial charge in [0.2, 0.25) is 0 Å². The minimum Gasteiger partial charge on any atom is -0.480 e. The third kappa shape index (κ3) is 4.16. The van der Waals surface area contributed by atoms with Crippen LogP contribution in [-0.2, 0) is 4.79 Å². The Balaban J connectivity index is 2.69. The molecule has 1 aliphatic carbocycles. The molecule has 0 aromatic carbocycles. The largest absolute Gasteiger partial charge is 0.480 e. The smallest absolute Gasteiger partial charge is 0.401 e. The van der Waals surface area contributed by atoms with Gasteiger partial charge in [-0.05, 0) is 26.8 Å². The van der Waals surface area contributed by atoms with Gasteiger partial charge in [-0.1, -0.05) is 0 Å². The zero-order valence-corrected chi connectivity index (χ0v) is 9.84. The molecular formula is C10H17F3N2O2. The first kappa shape index (κ1) is 14.2. The second-order valence-electron chi connectivity index (χ2n) is 4.64. The highest BCUT2D eigenvalue weighted by molar-refractivity contribution is 5.78. The molecule has 1 aliphatic rings. The van der Waals surface area contributed by atoms with Crippen LogP contribution in [0.15, 0.2) is 0 Å². The third-order valence-electron chi connectivity index (χ3n) is 2.99. The molecule has 0 radical (unpaired) electrons. The number of rotatable bonds is 6. The summed E-state index contributed by atoms with van der Waals surface area (Å²) in [5, 5.41) is 11.6. The van der Waals surface area contributed by atoms with E-state index >= 15 is 0 Å². The predicted molar refractivity (Wildman–Crippen MR) is 55.8 cm³/mol. The predicted octanol–water partition coefficient (Wildman–Crippen LogP) is 1.08. The Labute approximate surface area is 97.8 Å². The maximum atomic E-state index is 12.4. The fourth-order valence-electron chi connectivity index (χ4n) is 1.64. The van der Waals surface area contributed by atoms with E-state index < -0.39 is 24.2 Å². The molecule has 0 aromatic rings. The molecule has 4 nitrogen and oxygen atoms in total. The van der Waals surface area contributed by atoms with Crippen LogP contribution in [0.4, 0.5) is 13.2 Å². The minimum absolute atomic E-state index is 0.136. The van der Waals surface area contributed by atoms with E-state index in [9.17, 15) is 18.0 Å². The lowest BCUT2D eigenvalue weighted by molar-refractivity contribution is -0.156. The first-order valence-electron chi connectivity index (χ1n) is 5.41. The number of halogens is 3. The van der Waals surface area contributed by atoms with Crippen LogP contribution in [0.25, 0.3) is 0 Å². The Morgan fingerprint density at radius 1 is 1.41 bits per heavy atom. The lowest BCUT2D eigenvalue weighted by Crippen LogP contribution is -2.57. The summed E-state index contributed by atoms with van der Waals surface area (Å²) in [6.45, 7) is 0.187. The molecule has 0 spiro atoms. The SMILES string of the molecule is CNC(C)(CN(CC(F)(F)F)C1CC1)C(=O)O. The molecule has 2 N–H and O–H groups in total. The fraction of sp³-hybridized carbons (Fsp3) is 0.900. The van der Waals surface area contributed by atoms with Crippen LogP contribution in [0.5, 0.6) is 0 Å². The first-order valence-corrected chi connectivity index (χ1v) is 5.41. The van der Waals surface area contributed by atoms with Gasteiger partial charge in [0, 0.05) is 12.6 Å². The summed E-state index contributed by atoms with van der Waals surface area (Å²) in [4.78, 5) is 12.2. The number of carboxylic acids is 1. The Kier molecular flexibility index (Phi) is 4.03. The van der Waals surface area contributed by atoms with Gasteiger partial charge in [0.1, 0.15) is 5.54 Å². The van der Waals surface area contributed by atoms with Gasteiger partial charge >= 0.3 is 12.1 Å². The topological polar surface area (TPSA) is 52.6 Å². The summed E-state index contributed by atoms with van der Waals surface area (Å²) >= 11 is 0. The van der Waals surface area contributed by atoms with Gasteiger partial charge in [-0.15, -0.1) is 0 Å². The van der Waals surface area contributed by atoms with Gasteiger partial charge in [-0.3, -0.25) is 9.69 Å². The Bertz CT molecular complexity index is 292. The van der Waals surface area contributed by atoms with Crippen LogP contribution in [0, 0.1) is 0 Å². The van der Waals surface area contributed by atoms with Crippen molar-refractivity contribution in [2.75, 3.05) is 20.1 Å². The van der Waals surface area contributed by atoms with Crippen LogP contribution in [0.2, 0.25) is 0 Å². The zero-order chi connectivity index (χ0) is 13.3. The highest BCUT2D eigenvalue weighted by Crippen LogP contribution is 2.31. The van der Waals surface area contributed by atoms with Crippen molar-refractivity contribution in [2.45, 2.75) is 37.5 Å². The van der Waals surface area contributed by atoms with Crippen LogP contribution in [0.3, 0.4) is 0 Å². The van der Waals surface area contributed by atoms with Crippen LogP contribution >= 0.6 is 0 Å². The van der Waals surface area contributed by atoms with Crippen molar-refractivity contribution in [1.82, 2.24) is 10.2 Å². The van der Waals surface area contributed by atoms with Crippen LogP contribution in [0.1, 0.15) is 19.8 Å². The number of hydrogen-bond donors (Lipinski definition) is 2. The summed E-state index contributed by atoms with van der Waals surface area (Å²) in [7, 11) is 1.44. The lowest BCUT2D eigenvalue weighted by atomic mass is 10.0. The Morgan fingerprint density at radius 3 is 2.24 bits per heavy atom. The van der Waals surface area contributed by atoms with Crippen LogP contribution in [-0.4, -0.2) is 53.9 Å². The van der Waals surface area contributed by atoms with Crippen molar-refractivity contribution in [2.24, 2.45) is 0 Å². The molecule has 0 heterocycles. The summed E-state index contributed by atoms with van der Waals surface area (Å²) in [5.74, 6) is -1.15. The molecule has 1 atom stereocenters. The van der Waals surface area contributed by atoms with Gasteiger partial charge in [-0.2, -0.15) is 13.2 Å². The van der Waals surface area contributed by atoms with E-state index in [0.29, 0.717) is 12.8 Å². The van der Waals surface area contributed by atoms with E-state index in [1.807, 2.05) is 0 Å². The number of nitrogens with zero attached hydrogens (tertiary/aromatic N) is 1. The van der Waals surface area contributed by atoms with Crippen molar-refractivity contribution in [3.05, 3.63) is 0 Å². The third-order valence-corrected chi connectivity index (χ3v) is 2.99. The number of nitrogens with one attached hydrogen (secondary N) is 1. The average molecular weight is 254 g/mol. The van der Waals surface area contributed by atoms with Crippen molar-refractivity contribution >= 4 is 5.97 Å². The highest BCUT2D eigenvalue weighted by Gasteiger charge is 2.43. The summed E-state index contributed by atoms with van der Waals surface area (Å²) in [6, 6.07) is -0.136. The molecule has 0 bridgehead atoms. The summed E-state index contributed by atoms with van der Waals surface area (Å²) in [6.07, 6.45) is -2.89. The van der Waals surface area contributed by atoms with Gasteiger partial charge in [0.15, 0.2) is 0 Å². The molecule has 7 heteroatoms. The van der Waals surface area contributed by atoms with Gasteiger partial charge < -0.3 is 10.4 Å². The molecule has 0 amide bonds. The molecule has 0 saturated heterocycles. The van der Waals surface area contributed by atoms with E-state index in [2.05, 4.69) is 5.32 Å². The number of hydrogen-bond acceptors (Lipinski definition) is 3. The summed E-state index contributed by atoms with van der Waals surface area (Å²) < 4.78 is 37.1. The minimum atomic E-state index is -4.30. The van der Waals surface area contributed by atoms with E-state index in [4.69, 9.17) is 5.11 Å². The number of carbonyl (C=O) groups is 1. The summed E-state index contributed by atoms with van der Waals surface area (Å²) in [5.41, 5.74) is -1.35. The molecule has 17 heavy (non-hydrogen) atoms. The molecule has 1 unspecified atom stereocenters. The fourth-order valence-corrected chi connectivity index (χ4v) is 1.64. The van der Waals surface area contributed by atoms with E-state index in [1.54, 1.807) is 0 Å². The molecule has 0 aromatic heterocycles. The number of aliphatic carboxylic acids is 1. The van der Waals surface area contributed by atoms with Crippen molar-refractivity contribution in [1.29, 1.82) is 0 Å². The second-order valence-corrected chi connectivity index (χ2v) is 4.64. The normalized spacial score (nSPS) is 20.4. The van der Waals surface area contributed by atoms with Gasteiger partial charge in [-0.25, -0.2) is 0 Å². The number of carboxylic acid groups (broad SMARTS) is 1. The molecule has 1 saturated carbocycles. The Hall–Kier alpha value is -0.820. The van der Waals surface area contributed by atoms with Crippen molar-refractivity contribution in [3.8, 4) is 0 Å². The number of likely N-dealkylation sites (N-methyl/N-ethyl adjacent to an activating group) is 1. The van der Waals surface area contributed by atoms with E-state index in [-0.39, 0.29) is 12.6 Å². The monoisotopic (exact) mass is 254 g/mol. The lowest BCUT2D eigenvalue weighted by Gasteiger charge is -2.32. The second kappa shape index (κ2) is 4.81. The molecule has 100 valence electrons. The first-order chi connectivity index (χ1) is 7.68. The van der Waals surface area contributed by atoms with Gasteiger partial charge in [0.05, 0.1) is 6.54 Å². The van der Waals surface area contributed by atoms with Crippen molar-refractivity contribution in [3.63, 3.8) is 0 Å². The van der Waals surface area contributed by atoms with E-state index in [1.165, 1.54) is 18.9 Å². The average Bonchev–Trinajstić information content (AvgIpc) is 2.97. The Morgan fingerprint density at radius 2 is 1.94 bits per heavy atom. The molecular weight excluding hydrogens is 237 g/mol. The molecule has 1 fully saturated rings. The zero-order valence-electron chi connectivity index (χ0n) is 9.84. The van der Waals surface area contributed by atoms with Gasteiger partial charge in [0.25, 0.3) is 0 Å². The van der Waals surface area contributed by atoms with Crippen LogP contribution < -0.4 is 5.32 Å². The molecule has 0 aliphatic heterocycles. The quantitative estimate of drug-likeness (QED) is 0.744.